The Bertz CT molecular complexity index is 1360. The fourth-order valence-electron chi connectivity index (χ4n) is 3.61. The highest BCUT2D eigenvalue weighted by atomic mass is 19.3. The van der Waals surface area contributed by atoms with Gasteiger partial charge < -0.3 is 4.74 Å². The maximum absolute atomic E-state index is 14.8. The van der Waals surface area contributed by atoms with Gasteiger partial charge in [0.2, 0.25) is 0 Å². The minimum atomic E-state index is -4.57. The third-order valence-corrected chi connectivity index (χ3v) is 5.45. The number of aryl methyl sites for hydroxylation is 1. The molecule has 4 rings (SSSR count). The van der Waals surface area contributed by atoms with Crippen LogP contribution < -0.4 is 4.74 Å². The number of alkyl halides is 2. The summed E-state index contributed by atoms with van der Waals surface area (Å²) in [6.45, 7) is 2.00. The number of hydrogen-bond acceptors (Lipinski definition) is 1. The molecule has 0 aliphatic carbocycles. The van der Waals surface area contributed by atoms with Gasteiger partial charge in [-0.15, -0.1) is 0 Å². The lowest BCUT2D eigenvalue weighted by atomic mass is 9.97. The molecule has 0 amide bonds. The largest absolute Gasteiger partial charge is 0.432 e. The highest BCUT2D eigenvalue weighted by molar-refractivity contribution is 5.71. The fraction of sp³-hybridized carbons (Fsp3) is 0.111. The smallest absolute Gasteiger partial charge is 0.429 e. The summed E-state index contributed by atoms with van der Waals surface area (Å²) in [5, 5.41) is 0. The lowest BCUT2D eigenvalue weighted by Crippen LogP contribution is -2.25. The molecule has 0 radical (unpaired) electrons. The van der Waals surface area contributed by atoms with Crippen LogP contribution in [-0.2, 0) is 12.5 Å². The Balaban J connectivity index is 1.65. The summed E-state index contributed by atoms with van der Waals surface area (Å²) in [6.07, 6.45) is -3.73. The van der Waals surface area contributed by atoms with E-state index in [9.17, 15) is 30.7 Å². The maximum atomic E-state index is 14.8. The summed E-state index contributed by atoms with van der Waals surface area (Å²) in [7, 11) is 0. The van der Waals surface area contributed by atoms with Crippen LogP contribution in [0.15, 0.2) is 72.8 Å². The van der Waals surface area contributed by atoms with Crippen LogP contribution in [0.1, 0.15) is 18.1 Å². The summed E-state index contributed by atoms with van der Waals surface area (Å²) < 4.78 is 104. The Morgan fingerprint density at radius 1 is 0.600 bits per heavy atom. The average Bonchev–Trinajstić information content (AvgIpc) is 2.80. The lowest BCUT2D eigenvalue weighted by molar-refractivity contribution is -0.189. The minimum Gasteiger partial charge on any atom is -0.429 e. The molecular weight excluding hydrogens is 473 g/mol. The highest BCUT2D eigenvalue weighted by Crippen LogP contribution is 2.38. The van der Waals surface area contributed by atoms with E-state index >= 15 is 0 Å². The van der Waals surface area contributed by atoms with Crippen molar-refractivity contribution < 1.29 is 35.5 Å². The zero-order valence-electron chi connectivity index (χ0n) is 18.2. The molecule has 0 aliphatic heterocycles. The van der Waals surface area contributed by atoms with Gasteiger partial charge in [-0.2, -0.15) is 8.78 Å². The first-order chi connectivity index (χ1) is 16.6. The second-order valence-electron chi connectivity index (χ2n) is 7.75. The van der Waals surface area contributed by atoms with Crippen molar-refractivity contribution in [3.8, 4) is 28.0 Å². The predicted molar refractivity (Wildman–Crippen MR) is 117 cm³/mol. The zero-order valence-corrected chi connectivity index (χ0v) is 18.2. The maximum Gasteiger partial charge on any atom is 0.432 e. The predicted octanol–water partition coefficient (Wildman–Crippen LogP) is 8.41. The van der Waals surface area contributed by atoms with Crippen molar-refractivity contribution in [1.29, 1.82) is 0 Å². The quantitative estimate of drug-likeness (QED) is 0.247. The molecule has 0 unspecified atom stereocenters. The van der Waals surface area contributed by atoms with Crippen LogP contribution in [0.25, 0.3) is 22.3 Å². The first-order valence-corrected chi connectivity index (χ1v) is 10.5. The van der Waals surface area contributed by atoms with Crippen molar-refractivity contribution in [2.45, 2.75) is 19.5 Å². The van der Waals surface area contributed by atoms with Crippen LogP contribution in [0.2, 0.25) is 0 Å². The van der Waals surface area contributed by atoms with Gasteiger partial charge in [-0.1, -0.05) is 43.3 Å². The molecule has 0 saturated carbocycles. The van der Waals surface area contributed by atoms with Gasteiger partial charge in [0.15, 0.2) is 11.6 Å². The van der Waals surface area contributed by atoms with Gasteiger partial charge in [0, 0.05) is 11.6 Å². The van der Waals surface area contributed by atoms with E-state index in [1.807, 2.05) is 31.2 Å². The molecule has 0 aliphatic rings. The van der Waals surface area contributed by atoms with E-state index in [0.29, 0.717) is 35.9 Å². The Hall–Kier alpha value is -3.81. The molecule has 180 valence electrons. The minimum absolute atomic E-state index is 0.201. The Kier molecular flexibility index (Phi) is 6.56. The molecule has 4 aromatic rings. The van der Waals surface area contributed by atoms with E-state index in [0.717, 1.165) is 17.5 Å². The summed E-state index contributed by atoms with van der Waals surface area (Å²) >= 11 is 0. The van der Waals surface area contributed by atoms with Gasteiger partial charge in [0.25, 0.3) is 0 Å². The topological polar surface area (TPSA) is 9.23 Å². The number of ether oxygens (including phenoxy) is 1. The Morgan fingerprint density at radius 3 is 1.77 bits per heavy atom. The monoisotopic (exact) mass is 490 g/mol. The Morgan fingerprint density at radius 2 is 1.20 bits per heavy atom. The molecule has 0 N–H and O–H groups in total. The van der Waals surface area contributed by atoms with Crippen molar-refractivity contribution in [1.82, 2.24) is 0 Å². The summed E-state index contributed by atoms with van der Waals surface area (Å²) in [5.74, 6) is -7.84. The molecule has 0 spiro atoms. The van der Waals surface area contributed by atoms with Gasteiger partial charge in [-0.3, -0.25) is 0 Å². The van der Waals surface area contributed by atoms with E-state index < -0.39 is 46.5 Å². The van der Waals surface area contributed by atoms with E-state index in [-0.39, 0.29) is 11.1 Å². The lowest BCUT2D eigenvalue weighted by Gasteiger charge is -2.20. The zero-order chi connectivity index (χ0) is 25.3. The molecule has 4 aromatic carbocycles. The molecule has 8 heteroatoms. The molecule has 0 bridgehead atoms. The first kappa shape index (κ1) is 24.3. The molecule has 0 saturated heterocycles. The second kappa shape index (κ2) is 9.44. The van der Waals surface area contributed by atoms with Crippen molar-refractivity contribution in [2.24, 2.45) is 0 Å². The second-order valence-corrected chi connectivity index (χ2v) is 7.75. The SMILES string of the molecule is CCc1ccc(-c2ccc(-c3cc(F)c(C(F)(F)Oc4ccc(F)c(F)c4)c(F)c3)c(F)c2)cc1. The fourth-order valence-corrected chi connectivity index (χ4v) is 3.61. The number of rotatable bonds is 6. The van der Waals surface area contributed by atoms with Gasteiger partial charge in [-0.25, -0.2) is 22.0 Å². The van der Waals surface area contributed by atoms with Crippen LogP contribution >= 0.6 is 0 Å². The number of hydrogen-bond donors (Lipinski definition) is 0. The van der Waals surface area contributed by atoms with Gasteiger partial charge >= 0.3 is 6.11 Å². The average molecular weight is 490 g/mol. The van der Waals surface area contributed by atoms with E-state index in [1.54, 1.807) is 6.07 Å². The first-order valence-electron chi connectivity index (χ1n) is 10.5. The summed E-state index contributed by atoms with van der Waals surface area (Å²) in [4.78, 5) is 0. The van der Waals surface area contributed by atoms with Crippen molar-refractivity contribution >= 4 is 0 Å². The van der Waals surface area contributed by atoms with Gasteiger partial charge in [0.05, 0.1) is 0 Å². The van der Waals surface area contributed by atoms with Crippen LogP contribution in [-0.4, -0.2) is 0 Å². The third kappa shape index (κ3) is 5.01. The normalized spacial score (nSPS) is 11.5. The molecule has 0 atom stereocenters. The molecule has 35 heavy (non-hydrogen) atoms. The van der Waals surface area contributed by atoms with E-state index in [4.69, 9.17) is 0 Å². The van der Waals surface area contributed by atoms with Crippen molar-refractivity contribution in [2.75, 3.05) is 0 Å². The summed E-state index contributed by atoms with van der Waals surface area (Å²) in [6, 6.07) is 14.1. The number of benzene rings is 4. The van der Waals surface area contributed by atoms with E-state index in [1.165, 1.54) is 12.1 Å². The summed E-state index contributed by atoms with van der Waals surface area (Å²) in [5.41, 5.74) is 0.0967. The molecule has 0 fully saturated rings. The molecule has 0 heterocycles. The van der Waals surface area contributed by atoms with Crippen molar-refractivity contribution in [3.05, 3.63) is 113 Å². The molecule has 1 nitrogen and oxygen atoms in total. The van der Waals surface area contributed by atoms with Gasteiger partial charge in [-0.05, 0) is 59.0 Å². The van der Waals surface area contributed by atoms with Crippen LogP contribution in [0.4, 0.5) is 30.7 Å². The van der Waals surface area contributed by atoms with E-state index in [2.05, 4.69) is 4.74 Å². The van der Waals surface area contributed by atoms with Crippen LogP contribution in [0.5, 0.6) is 5.75 Å². The standard InChI is InChI=1S/C27H17F7O/c1-2-15-3-5-16(6-4-15)17-7-9-20(22(29)11-17)18-12-24(31)26(25(32)13-18)27(33,34)35-19-8-10-21(28)23(30)14-19/h3-14H,2H2,1H3. The highest BCUT2D eigenvalue weighted by Gasteiger charge is 2.41. The van der Waals surface area contributed by atoms with Crippen LogP contribution in [0, 0.1) is 29.1 Å². The van der Waals surface area contributed by atoms with Gasteiger partial charge in [0.1, 0.15) is 28.8 Å². The Labute approximate surface area is 196 Å². The number of halogens is 7. The van der Waals surface area contributed by atoms with Crippen LogP contribution in [0.3, 0.4) is 0 Å². The molecule has 0 aromatic heterocycles. The molecular formula is C27H17F7O. The third-order valence-electron chi connectivity index (χ3n) is 5.45. The van der Waals surface area contributed by atoms with Crippen molar-refractivity contribution in [3.63, 3.8) is 0 Å².